The van der Waals surface area contributed by atoms with Crippen LogP contribution in [0.2, 0.25) is 0 Å². The minimum absolute atomic E-state index is 0.00548. The predicted molar refractivity (Wildman–Crippen MR) is 98.9 cm³/mol. The van der Waals surface area contributed by atoms with Crippen LogP contribution in [0, 0.1) is 12.7 Å². The average Bonchev–Trinajstić information content (AvgIpc) is 2.58. The van der Waals surface area contributed by atoms with Crippen LogP contribution in [-0.2, 0) is 9.59 Å². The average molecular weight is 359 g/mol. The monoisotopic (exact) mass is 359 g/mol. The minimum atomic E-state index is -0.380. The Labute approximate surface area is 152 Å². The summed E-state index contributed by atoms with van der Waals surface area (Å²) in [4.78, 5) is 25.6. The summed E-state index contributed by atoms with van der Waals surface area (Å²) in [6.07, 6.45) is 0. The van der Waals surface area contributed by atoms with Crippen LogP contribution >= 0.6 is 0 Å². The number of amides is 2. The molecule has 0 unspecified atom stereocenters. The number of nitrogens with zero attached hydrogens (tertiary/aromatic N) is 1. The fourth-order valence-electron chi connectivity index (χ4n) is 2.29. The minimum Gasteiger partial charge on any atom is -0.497 e. The van der Waals surface area contributed by atoms with Crippen LogP contribution in [0.1, 0.15) is 5.56 Å². The summed E-state index contributed by atoms with van der Waals surface area (Å²) in [6, 6.07) is 11.4. The molecule has 0 aliphatic heterocycles. The summed E-state index contributed by atoms with van der Waals surface area (Å²) >= 11 is 0. The van der Waals surface area contributed by atoms with Crippen LogP contribution in [0.4, 0.5) is 15.8 Å². The summed E-state index contributed by atoms with van der Waals surface area (Å²) in [6.45, 7) is 1.70. The zero-order valence-electron chi connectivity index (χ0n) is 15.0. The van der Waals surface area contributed by atoms with Crippen LogP contribution in [-0.4, -0.2) is 44.0 Å². The van der Waals surface area contributed by atoms with Crippen molar-refractivity contribution in [3.05, 3.63) is 53.8 Å². The maximum absolute atomic E-state index is 13.5. The lowest BCUT2D eigenvalue weighted by atomic mass is 10.2. The number of hydrogen-bond acceptors (Lipinski definition) is 4. The molecule has 6 nitrogen and oxygen atoms in total. The molecule has 0 saturated carbocycles. The maximum atomic E-state index is 13.5. The predicted octanol–water partition coefficient (Wildman–Crippen LogP) is 2.65. The van der Waals surface area contributed by atoms with E-state index in [1.165, 1.54) is 6.07 Å². The molecule has 2 rings (SSSR count). The number of methoxy groups -OCH3 is 1. The number of rotatable bonds is 7. The Morgan fingerprint density at radius 1 is 1.00 bits per heavy atom. The van der Waals surface area contributed by atoms with Gasteiger partial charge in [-0.2, -0.15) is 0 Å². The number of hydrogen-bond donors (Lipinski definition) is 2. The fourth-order valence-corrected chi connectivity index (χ4v) is 2.29. The Kier molecular flexibility index (Phi) is 6.68. The van der Waals surface area contributed by atoms with Gasteiger partial charge >= 0.3 is 0 Å². The number of aryl methyl sites for hydroxylation is 1. The molecule has 0 radical (unpaired) electrons. The van der Waals surface area contributed by atoms with E-state index in [-0.39, 0.29) is 30.7 Å². The third-order valence-corrected chi connectivity index (χ3v) is 3.66. The van der Waals surface area contributed by atoms with Crippen molar-refractivity contribution in [1.82, 2.24) is 4.90 Å². The van der Waals surface area contributed by atoms with E-state index in [4.69, 9.17) is 4.74 Å². The molecule has 0 saturated heterocycles. The molecule has 0 fully saturated rings. The third kappa shape index (κ3) is 5.86. The van der Waals surface area contributed by atoms with Gasteiger partial charge in [0.25, 0.3) is 0 Å². The van der Waals surface area contributed by atoms with Gasteiger partial charge < -0.3 is 15.4 Å². The highest BCUT2D eigenvalue weighted by Gasteiger charge is 2.12. The van der Waals surface area contributed by atoms with Crippen molar-refractivity contribution in [2.45, 2.75) is 6.92 Å². The number of ether oxygens (including phenoxy) is 1. The largest absolute Gasteiger partial charge is 0.497 e. The molecular formula is C19H22FN3O3. The number of likely N-dealkylation sites (N-methyl/N-ethyl adjacent to an activating group) is 1. The van der Waals surface area contributed by atoms with Crippen LogP contribution in [0.25, 0.3) is 0 Å². The van der Waals surface area contributed by atoms with E-state index >= 15 is 0 Å². The van der Waals surface area contributed by atoms with Crippen molar-refractivity contribution >= 4 is 23.2 Å². The Balaban J connectivity index is 1.80. The number of benzene rings is 2. The first kappa shape index (κ1) is 19.4. The van der Waals surface area contributed by atoms with E-state index in [2.05, 4.69) is 10.6 Å². The van der Waals surface area contributed by atoms with E-state index in [0.717, 1.165) is 0 Å². The summed E-state index contributed by atoms with van der Waals surface area (Å²) < 4.78 is 18.6. The van der Waals surface area contributed by atoms with Crippen molar-refractivity contribution in [3.63, 3.8) is 0 Å². The molecule has 26 heavy (non-hydrogen) atoms. The molecular weight excluding hydrogens is 337 g/mol. The van der Waals surface area contributed by atoms with Gasteiger partial charge in [-0.15, -0.1) is 0 Å². The first-order chi connectivity index (χ1) is 12.4. The number of carbonyl (C=O) groups excluding carboxylic acids is 2. The first-order valence-corrected chi connectivity index (χ1v) is 8.06. The SMILES string of the molecule is COc1ccc(NC(=O)CN(C)CC(=O)Nc2ccc(C)c(F)c2)cc1. The van der Waals surface area contributed by atoms with Crippen LogP contribution in [0.3, 0.4) is 0 Å². The van der Waals surface area contributed by atoms with Crippen LogP contribution in [0.15, 0.2) is 42.5 Å². The molecule has 2 amide bonds. The van der Waals surface area contributed by atoms with Crippen molar-refractivity contribution in [2.24, 2.45) is 0 Å². The topological polar surface area (TPSA) is 70.7 Å². The number of carbonyl (C=O) groups is 2. The third-order valence-electron chi connectivity index (χ3n) is 3.66. The summed E-state index contributed by atoms with van der Waals surface area (Å²) in [5, 5.41) is 5.35. The molecule has 0 aliphatic rings. The molecule has 0 spiro atoms. The number of anilines is 2. The second-order valence-electron chi connectivity index (χ2n) is 5.96. The van der Waals surface area contributed by atoms with Gasteiger partial charge in [0.2, 0.25) is 11.8 Å². The normalized spacial score (nSPS) is 10.5. The quantitative estimate of drug-likeness (QED) is 0.797. The Hall–Kier alpha value is -2.93. The van der Waals surface area contributed by atoms with E-state index < -0.39 is 0 Å². The summed E-state index contributed by atoms with van der Waals surface area (Å²) in [5.74, 6) is -0.251. The summed E-state index contributed by atoms with van der Waals surface area (Å²) in [5.41, 5.74) is 1.54. The highest BCUT2D eigenvalue weighted by Crippen LogP contribution is 2.15. The van der Waals surface area contributed by atoms with Gasteiger partial charge in [-0.05, 0) is 55.9 Å². The smallest absolute Gasteiger partial charge is 0.238 e. The van der Waals surface area contributed by atoms with Gasteiger partial charge in [-0.25, -0.2) is 4.39 Å². The van der Waals surface area contributed by atoms with Crippen molar-refractivity contribution in [2.75, 3.05) is 37.9 Å². The Morgan fingerprint density at radius 2 is 1.54 bits per heavy atom. The molecule has 2 N–H and O–H groups in total. The highest BCUT2D eigenvalue weighted by atomic mass is 19.1. The first-order valence-electron chi connectivity index (χ1n) is 8.06. The lowest BCUT2D eigenvalue weighted by molar-refractivity contribution is -0.119. The summed E-state index contributed by atoms with van der Waals surface area (Å²) in [7, 11) is 3.22. The molecule has 0 bridgehead atoms. The lowest BCUT2D eigenvalue weighted by Crippen LogP contribution is -2.36. The molecule has 2 aromatic rings. The second kappa shape index (κ2) is 8.96. The highest BCUT2D eigenvalue weighted by molar-refractivity contribution is 5.94. The van der Waals surface area contributed by atoms with Gasteiger partial charge in [0.05, 0.1) is 20.2 Å². The van der Waals surface area contributed by atoms with Gasteiger partial charge in [-0.1, -0.05) is 6.07 Å². The Bertz CT molecular complexity index is 778. The van der Waals surface area contributed by atoms with Crippen molar-refractivity contribution in [3.8, 4) is 5.75 Å². The van der Waals surface area contributed by atoms with Crippen molar-refractivity contribution < 1.29 is 18.7 Å². The van der Waals surface area contributed by atoms with Crippen LogP contribution in [0.5, 0.6) is 5.75 Å². The van der Waals surface area contributed by atoms with E-state index in [9.17, 15) is 14.0 Å². The molecule has 138 valence electrons. The number of nitrogens with one attached hydrogen (secondary N) is 2. The van der Waals surface area contributed by atoms with E-state index in [0.29, 0.717) is 22.7 Å². The zero-order chi connectivity index (χ0) is 19.1. The molecule has 0 atom stereocenters. The van der Waals surface area contributed by atoms with Gasteiger partial charge in [0.1, 0.15) is 11.6 Å². The van der Waals surface area contributed by atoms with Gasteiger partial charge in [0.15, 0.2) is 0 Å². The lowest BCUT2D eigenvalue weighted by Gasteiger charge is -2.16. The molecule has 2 aromatic carbocycles. The molecule has 0 aromatic heterocycles. The standard InChI is InChI=1S/C19H22FN3O3/c1-13-4-5-15(10-17(13)20)22-19(25)12-23(2)11-18(24)21-14-6-8-16(26-3)9-7-14/h4-10H,11-12H2,1-3H3,(H,21,24)(H,22,25). The molecule has 0 aliphatic carbocycles. The maximum Gasteiger partial charge on any atom is 0.238 e. The van der Waals surface area contributed by atoms with Crippen LogP contribution < -0.4 is 15.4 Å². The second-order valence-corrected chi connectivity index (χ2v) is 5.96. The van der Waals surface area contributed by atoms with E-state index in [1.54, 1.807) is 62.4 Å². The number of halogens is 1. The zero-order valence-corrected chi connectivity index (χ0v) is 15.0. The van der Waals surface area contributed by atoms with Gasteiger partial charge in [0, 0.05) is 11.4 Å². The molecule has 0 heterocycles. The van der Waals surface area contributed by atoms with Gasteiger partial charge in [-0.3, -0.25) is 14.5 Å². The molecule has 7 heteroatoms. The van der Waals surface area contributed by atoms with Crippen molar-refractivity contribution in [1.29, 1.82) is 0 Å². The Morgan fingerprint density at radius 3 is 2.08 bits per heavy atom. The fraction of sp³-hybridized carbons (Fsp3) is 0.263. The van der Waals surface area contributed by atoms with E-state index in [1.807, 2.05) is 0 Å².